The van der Waals surface area contributed by atoms with E-state index in [0.717, 1.165) is 15.7 Å². The van der Waals surface area contributed by atoms with Crippen LogP contribution in [0.25, 0.3) is 4.96 Å². The summed E-state index contributed by atoms with van der Waals surface area (Å²) in [4.78, 5) is 19.4. The van der Waals surface area contributed by atoms with Crippen LogP contribution in [0.1, 0.15) is 22.4 Å². The number of hydrogen-bond acceptors (Lipinski definition) is 4. The number of para-hydroxylation sites is 1. The van der Waals surface area contributed by atoms with Crippen LogP contribution in [-0.2, 0) is 0 Å². The molecule has 0 saturated heterocycles. The molecule has 0 bridgehead atoms. The van der Waals surface area contributed by atoms with Crippen LogP contribution in [0.2, 0.25) is 0 Å². The van der Waals surface area contributed by atoms with Crippen molar-refractivity contribution in [3.8, 4) is 0 Å². The molecule has 6 heteroatoms. The smallest absolute Gasteiger partial charge is 0.278 e. The van der Waals surface area contributed by atoms with Crippen molar-refractivity contribution >= 4 is 27.9 Å². The molecule has 0 fully saturated rings. The minimum Gasteiger partial charge on any atom is -0.307 e. The Hall–Kier alpha value is -2.21. The molecule has 0 atom stereocenters. The molecule has 2 aromatic heterocycles. The van der Waals surface area contributed by atoms with E-state index in [1.807, 2.05) is 44.2 Å². The van der Waals surface area contributed by atoms with E-state index in [4.69, 9.17) is 0 Å². The fourth-order valence-electron chi connectivity index (χ4n) is 2.09. The van der Waals surface area contributed by atoms with Crippen LogP contribution in [0.5, 0.6) is 0 Å². The number of carbonyl (C=O) groups is 1. The SMILES string of the molecule is CCN(C(=O)c1cn2nc(C)sc2n1)c1ccccc1. The van der Waals surface area contributed by atoms with Crippen LogP contribution < -0.4 is 4.90 Å². The summed E-state index contributed by atoms with van der Waals surface area (Å²) in [5.41, 5.74) is 1.30. The Balaban J connectivity index is 1.95. The number of anilines is 1. The van der Waals surface area contributed by atoms with Crippen molar-refractivity contribution in [1.82, 2.24) is 14.6 Å². The molecule has 20 heavy (non-hydrogen) atoms. The summed E-state index contributed by atoms with van der Waals surface area (Å²) in [5, 5.41) is 5.21. The van der Waals surface area contributed by atoms with Gasteiger partial charge in [0.25, 0.3) is 5.91 Å². The zero-order valence-electron chi connectivity index (χ0n) is 11.3. The van der Waals surface area contributed by atoms with Gasteiger partial charge in [0.1, 0.15) is 10.7 Å². The summed E-state index contributed by atoms with van der Waals surface area (Å²) in [6.07, 6.45) is 1.69. The molecule has 0 aliphatic carbocycles. The number of benzene rings is 1. The van der Waals surface area contributed by atoms with Crippen LogP contribution >= 0.6 is 11.3 Å². The molecule has 5 nitrogen and oxygen atoms in total. The summed E-state index contributed by atoms with van der Waals surface area (Å²) < 4.78 is 1.66. The number of amides is 1. The van der Waals surface area contributed by atoms with Gasteiger partial charge in [0, 0.05) is 12.2 Å². The first-order valence-electron chi connectivity index (χ1n) is 6.38. The van der Waals surface area contributed by atoms with Crippen molar-refractivity contribution in [3.63, 3.8) is 0 Å². The molecular formula is C14H14N4OS. The molecule has 3 aromatic rings. The maximum absolute atomic E-state index is 12.6. The molecule has 0 spiro atoms. The van der Waals surface area contributed by atoms with Crippen molar-refractivity contribution in [1.29, 1.82) is 0 Å². The van der Waals surface area contributed by atoms with Gasteiger partial charge in [-0.2, -0.15) is 5.10 Å². The van der Waals surface area contributed by atoms with Crippen LogP contribution in [0.4, 0.5) is 5.69 Å². The number of aromatic nitrogens is 3. The number of rotatable bonds is 3. The largest absolute Gasteiger partial charge is 0.307 e. The van der Waals surface area contributed by atoms with Crippen LogP contribution in [-0.4, -0.2) is 27.0 Å². The molecule has 0 aliphatic rings. The van der Waals surface area contributed by atoms with Crippen molar-refractivity contribution < 1.29 is 4.79 Å². The average molecular weight is 286 g/mol. The number of fused-ring (bicyclic) bond motifs is 1. The second-order valence-electron chi connectivity index (χ2n) is 4.36. The van der Waals surface area contributed by atoms with Gasteiger partial charge in [-0.3, -0.25) is 4.79 Å². The molecule has 0 aliphatic heterocycles. The van der Waals surface area contributed by atoms with E-state index in [2.05, 4.69) is 10.1 Å². The van der Waals surface area contributed by atoms with E-state index in [1.54, 1.807) is 15.6 Å². The quantitative estimate of drug-likeness (QED) is 0.744. The number of carbonyl (C=O) groups excluding carboxylic acids is 1. The van der Waals surface area contributed by atoms with E-state index in [1.165, 1.54) is 11.3 Å². The third kappa shape index (κ3) is 2.18. The number of hydrogen-bond donors (Lipinski definition) is 0. The van der Waals surface area contributed by atoms with E-state index in [-0.39, 0.29) is 5.91 Å². The second kappa shape index (κ2) is 5.05. The lowest BCUT2D eigenvalue weighted by molar-refractivity contribution is 0.0984. The van der Waals surface area contributed by atoms with Gasteiger partial charge in [0.05, 0.1) is 6.20 Å². The molecule has 1 aromatic carbocycles. The first kappa shape index (κ1) is 12.8. The Morgan fingerprint density at radius 1 is 1.35 bits per heavy atom. The second-order valence-corrected chi connectivity index (χ2v) is 5.52. The third-order valence-corrected chi connectivity index (χ3v) is 3.83. The molecule has 2 heterocycles. The highest BCUT2D eigenvalue weighted by molar-refractivity contribution is 7.16. The predicted octanol–water partition coefficient (Wildman–Crippen LogP) is 2.77. The van der Waals surface area contributed by atoms with Gasteiger partial charge in [0.2, 0.25) is 4.96 Å². The maximum Gasteiger partial charge on any atom is 0.278 e. The van der Waals surface area contributed by atoms with Crippen LogP contribution in [0.3, 0.4) is 0 Å². The van der Waals surface area contributed by atoms with Gasteiger partial charge >= 0.3 is 0 Å². The number of imidazole rings is 1. The summed E-state index contributed by atoms with van der Waals surface area (Å²) in [7, 11) is 0. The van der Waals surface area contributed by atoms with Crippen molar-refractivity contribution in [3.05, 3.63) is 47.2 Å². The fourth-order valence-corrected chi connectivity index (χ4v) is 2.82. The average Bonchev–Trinajstić information content (AvgIpc) is 2.98. The minimum atomic E-state index is -0.103. The lowest BCUT2D eigenvalue weighted by Crippen LogP contribution is -2.30. The van der Waals surface area contributed by atoms with Gasteiger partial charge in [-0.15, -0.1) is 0 Å². The zero-order chi connectivity index (χ0) is 14.1. The van der Waals surface area contributed by atoms with E-state index in [0.29, 0.717) is 12.2 Å². The predicted molar refractivity (Wildman–Crippen MR) is 79.4 cm³/mol. The molecule has 0 unspecified atom stereocenters. The standard InChI is InChI=1S/C14H14N4OS/c1-3-17(11-7-5-4-6-8-11)13(19)12-9-18-14(15-12)20-10(2)16-18/h4-9H,3H2,1-2H3. The Bertz CT molecular complexity index is 715. The molecule has 0 N–H and O–H groups in total. The van der Waals surface area contributed by atoms with Crippen LogP contribution in [0.15, 0.2) is 36.5 Å². The molecule has 1 amide bonds. The van der Waals surface area contributed by atoms with E-state index >= 15 is 0 Å². The first-order valence-corrected chi connectivity index (χ1v) is 7.20. The first-order chi connectivity index (χ1) is 9.69. The molecule has 3 rings (SSSR count). The Labute approximate surface area is 120 Å². The minimum absolute atomic E-state index is 0.103. The van der Waals surface area contributed by atoms with Crippen molar-refractivity contribution in [2.75, 3.05) is 11.4 Å². The van der Waals surface area contributed by atoms with Gasteiger partial charge in [0.15, 0.2) is 0 Å². The lowest BCUT2D eigenvalue weighted by Gasteiger charge is -2.19. The van der Waals surface area contributed by atoms with E-state index in [9.17, 15) is 4.79 Å². The highest BCUT2D eigenvalue weighted by Crippen LogP contribution is 2.18. The van der Waals surface area contributed by atoms with Gasteiger partial charge < -0.3 is 4.90 Å². The topological polar surface area (TPSA) is 50.5 Å². The Morgan fingerprint density at radius 3 is 2.75 bits per heavy atom. The van der Waals surface area contributed by atoms with Gasteiger partial charge in [-0.1, -0.05) is 29.5 Å². The molecule has 0 saturated carbocycles. The summed E-state index contributed by atoms with van der Waals surface area (Å²) in [5.74, 6) is -0.103. The number of nitrogens with zero attached hydrogens (tertiary/aromatic N) is 4. The van der Waals surface area contributed by atoms with E-state index < -0.39 is 0 Å². The highest BCUT2D eigenvalue weighted by atomic mass is 32.1. The molecular weight excluding hydrogens is 272 g/mol. The lowest BCUT2D eigenvalue weighted by atomic mass is 10.2. The third-order valence-electron chi connectivity index (χ3n) is 2.99. The summed E-state index contributed by atoms with van der Waals surface area (Å²) in [6.45, 7) is 4.47. The Kier molecular flexibility index (Phi) is 3.23. The van der Waals surface area contributed by atoms with Gasteiger partial charge in [-0.25, -0.2) is 9.50 Å². The fraction of sp³-hybridized carbons (Fsp3) is 0.214. The Morgan fingerprint density at radius 2 is 2.10 bits per heavy atom. The maximum atomic E-state index is 12.6. The van der Waals surface area contributed by atoms with Crippen molar-refractivity contribution in [2.45, 2.75) is 13.8 Å². The van der Waals surface area contributed by atoms with Crippen LogP contribution in [0, 0.1) is 6.92 Å². The van der Waals surface area contributed by atoms with Crippen molar-refractivity contribution in [2.24, 2.45) is 0 Å². The summed E-state index contributed by atoms with van der Waals surface area (Å²) in [6, 6.07) is 9.61. The van der Waals surface area contributed by atoms with Gasteiger partial charge in [-0.05, 0) is 26.0 Å². The normalized spacial score (nSPS) is 10.9. The number of aryl methyl sites for hydroxylation is 1. The molecule has 102 valence electrons. The monoisotopic (exact) mass is 286 g/mol. The summed E-state index contributed by atoms with van der Waals surface area (Å²) >= 11 is 1.48. The highest BCUT2D eigenvalue weighted by Gasteiger charge is 2.20. The zero-order valence-corrected chi connectivity index (χ0v) is 12.1. The molecule has 0 radical (unpaired) electrons.